The van der Waals surface area contributed by atoms with Crippen LogP contribution in [0, 0.1) is 0 Å². The Morgan fingerprint density at radius 1 is 0.586 bits per heavy atom. The molecule has 2 aromatic heterocycles. The molecular weight excluding hydrogens is 394 g/mol. The highest BCUT2D eigenvalue weighted by atomic mass is 32.1. The zero-order valence-electron chi connectivity index (χ0n) is 15.8. The van der Waals surface area contributed by atoms with Gasteiger partial charge in [0.1, 0.15) is 0 Å². The molecule has 3 heterocycles. The third kappa shape index (κ3) is 3.48. The Balaban J connectivity index is 1.66. The van der Waals surface area contributed by atoms with Crippen molar-refractivity contribution < 1.29 is 4.79 Å². The van der Waals surface area contributed by atoms with Gasteiger partial charge in [-0.05, 0) is 34.0 Å². The first-order chi connectivity index (χ1) is 14.3. The molecule has 29 heavy (non-hydrogen) atoms. The number of carbonyl (C=O) groups excluding carboxylic acids is 1. The summed E-state index contributed by atoms with van der Waals surface area (Å²) in [5.41, 5.74) is 2.16. The van der Waals surface area contributed by atoms with E-state index < -0.39 is 0 Å². The van der Waals surface area contributed by atoms with Crippen LogP contribution in [0.15, 0.2) is 95.7 Å². The van der Waals surface area contributed by atoms with Gasteiger partial charge in [0, 0.05) is 9.75 Å². The molecule has 1 saturated heterocycles. The van der Waals surface area contributed by atoms with Crippen LogP contribution in [0.5, 0.6) is 0 Å². The quantitative estimate of drug-likeness (QED) is 0.422. The van der Waals surface area contributed by atoms with E-state index in [1.807, 2.05) is 36.4 Å². The van der Waals surface area contributed by atoms with Crippen molar-refractivity contribution in [2.75, 3.05) is 0 Å². The normalized spacial score (nSPS) is 24.5. The van der Waals surface area contributed by atoms with Crippen LogP contribution >= 0.6 is 22.7 Å². The molecule has 1 aliphatic rings. The third-order valence-corrected chi connectivity index (χ3v) is 7.57. The average molecular weight is 416 g/mol. The van der Waals surface area contributed by atoms with E-state index in [-0.39, 0.29) is 29.7 Å². The molecule has 0 bridgehead atoms. The van der Waals surface area contributed by atoms with Crippen molar-refractivity contribution >= 4 is 28.5 Å². The minimum atomic E-state index is -0.212. The Bertz CT molecular complexity index is 973. The number of nitrogens with one attached hydrogen (secondary N) is 1. The van der Waals surface area contributed by atoms with Crippen LogP contribution in [0.3, 0.4) is 0 Å². The van der Waals surface area contributed by atoms with Gasteiger partial charge in [-0.2, -0.15) is 0 Å². The summed E-state index contributed by atoms with van der Waals surface area (Å²) in [6.45, 7) is 0. The highest BCUT2D eigenvalue weighted by Crippen LogP contribution is 2.48. The van der Waals surface area contributed by atoms with Crippen LogP contribution < -0.4 is 5.32 Å². The van der Waals surface area contributed by atoms with Crippen molar-refractivity contribution in [2.24, 2.45) is 0 Å². The van der Waals surface area contributed by atoms with Crippen molar-refractivity contribution in [3.8, 4) is 0 Å². The second kappa shape index (κ2) is 8.07. The fraction of sp³-hybridized carbons (Fsp3) is 0.160. The number of hydrogen-bond donors (Lipinski definition) is 1. The Morgan fingerprint density at radius 3 is 1.41 bits per heavy atom. The van der Waals surface area contributed by atoms with E-state index >= 15 is 0 Å². The van der Waals surface area contributed by atoms with Crippen molar-refractivity contribution in [3.05, 3.63) is 117 Å². The number of benzene rings is 2. The monoisotopic (exact) mass is 415 g/mol. The Kier molecular flexibility index (Phi) is 5.15. The standard InChI is InChI=1S/C25H21NOS2/c27-25-21(17-9-3-1-4-10-17)23(19-13-7-15-28-19)26-24(20-14-8-16-29-20)22(25)18-11-5-2-6-12-18/h1-16,21-24,26H/t21-,22-,23-,24+/m0/s1. The van der Waals surface area contributed by atoms with Gasteiger partial charge in [-0.25, -0.2) is 0 Å². The maximum Gasteiger partial charge on any atom is 0.151 e. The van der Waals surface area contributed by atoms with Crippen molar-refractivity contribution in [2.45, 2.75) is 23.9 Å². The van der Waals surface area contributed by atoms with Gasteiger partial charge in [-0.3, -0.25) is 10.1 Å². The van der Waals surface area contributed by atoms with Crippen LogP contribution in [0.1, 0.15) is 44.8 Å². The van der Waals surface area contributed by atoms with Crippen molar-refractivity contribution in [1.29, 1.82) is 0 Å². The number of carbonyl (C=O) groups is 1. The molecule has 0 amide bonds. The zero-order valence-corrected chi connectivity index (χ0v) is 17.4. The van der Waals surface area contributed by atoms with Crippen LogP contribution in [-0.4, -0.2) is 5.78 Å². The molecule has 1 aliphatic heterocycles. The van der Waals surface area contributed by atoms with E-state index in [0.29, 0.717) is 0 Å². The zero-order chi connectivity index (χ0) is 19.6. The van der Waals surface area contributed by atoms with Crippen LogP contribution in [0.2, 0.25) is 0 Å². The second-order valence-electron chi connectivity index (χ2n) is 7.33. The molecule has 0 unspecified atom stereocenters. The van der Waals surface area contributed by atoms with E-state index in [0.717, 1.165) is 11.1 Å². The molecule has 2 nitrogen and oxygen atoms in total. The average Bonchev–Trinajstić information content (AvgIpc) is 3.49. The molecule has 2 aromatic carbocycles. The highest BCUT2D eigenvalue weighted by molar-refractivity contribution is 7.10. The molecule has 4 atom stereocenters. The van der Waals surface area contributed by atoms with Gasteiger partial charge < -0.3 is 0 Å². The molecule has 0 radical (unpaired) electrons. The van der Waals surface area contributed by atoms with Gasteiger partial charge in [0.2, 0.25) is 0 Å². The van der Waals surface area contributed by atoms with E-state index in [4.69, 9.17) is 0 Å². The van der Waals surface area contributed by atoms with Gasteiger partial charge in [-0.15, -0.1) is 22.7 Å². The largest absolute Gasteiger partial charge is 0.300 e. The summed E-state index contributed by atoms with van der Waals surface area (Å²) in [6, 6.07) is 28.8. The lowest BCUT2D eigenvalue weighted by Crippen LogP contribution is -2.45. The number of Topliss-reactive ketones (excluding diaryl/α,β-unsaturated/α-hetero) is 1. The second-order valence-corrected chi connectivity index (χ2v) is 9.29. The minimum absolute atomic E-state index is 0.0306. The summed E-state index contributed by atoms with van der Waals surface area (Å²) in [5, 5.41) is 8.07. The predicted molar refractivity (Wildman–Crippen MR) is 121 cm³/mol. The lowest BCUT2D eigenvalue weighted by atomic mass is 9.72. The molecule has 4 heteroatoms. The Labute approximate surface area is 178 Å². The number of rotatable bonds is 4. The third-order valence-electron chi connectivity index (χ3n) is 5.66. The lowest BCUT2D eigenvalue weighted by Gasteiger charge is -2.41. The number of piperidine rings is 1. The number of ketones is 1. The van der Waals surface area contributed by atoms with E-state index in [9.17, 15) is 4.79 Å². The van der Waals surface area contributed by atoms with E-state index in [1.54, 1.807) is 22.7 Å². The van der Waals surface area contributed by atoms with Crippen molar-refractivity contribution in [3.63, 3.8) is 0 Å². The van der Waals surface area contributed by atoms with Gasteiger partial charge in [0.05, 0.1) is 23.9 Å². The summed E-state index contributed by atoms with van der Waals surface area (Å²) in [4.78, 5) is 16.5. The SMILES string of the molecule is O=C1[C@@H](c2ccccc2)[C@@H](c2cccs2)N[C@@H](c2cccs2)[C@@H]1c1ccccc1. The number of thiophene rings is 2. The van der Waals surface area contributed by atoms with Gasteiger partial charge in [-0.1, -0.05) is 72.8 Å². The van der Waals surface area contributed by atoms with Crippen LogP contribution in [0.25, 0.3) is 0 Å². The number of hydrogen-bond acceptors (Lipinski definition) is 4. The molecular formula is C25H21NOS2. The van der Waals surface area contributed by atoms with Crippen LogP contribution in [0.4, 0.5) is 0 Å². The summed E-state index contributed by atoms with van der Waals surface area (Å²) in [6.07, 6.45) is 0. The fourth-order valence-electron chi connectivity index (χ4n) is 4.37. The van der Waals surface area contributed by atoms with Crippen molar-refractivity contribution in [1.82, 2.24) is 5.32 Å². The molecule has 5 rings (SSSR count). The lowest BCUT2D eigenvalue weighted by molar-refractivity contribution is -0.125. The summed E-state index contributed by atoms with van der Waals surface area (Å²) in [5.74, 6) is -0.134. The smallest absolute Gasteiger partial charge is 0.151 e. The first-order valence-electron chi connectivity index (χ1n) is 9.79. The molecule has 1 N–H and O–H groups in total. The molecule has 1 fully saturated rings. The van der Waals surface area contributed by atoms with E-state index in [1.165, 1.54) is 9.75 Å². The van der Waals surface area contributed by atoms with Gasteiger partial charge >= 0.3 is 0 Å². The maximum absolute atomic E-state index is 14.1. The highest BCUT2D eigenvalue weighted by Gasteiger charge is 2.46. The van der Waals surface area contributed by atoms with Crippen LogP contribution in [-0.2, 0) is 4.79 Å². The Hall–Kier alpha value is -2.53. The summed E-state index contributed by atoms with van der Waals surface area (Å²) >= 11 is 3.43. The minimum Gasteiger partial charge on any atom is -0.300 e. The molecule has 4 aromatic rings. The maximum atomic E-state index is 14.1. The van der Waals surface area contributed by atoms with Gasteiger partial charge in [0.15, 0.2) is 5.78 Å². The molecule has 0 aliphatic carbocycles. The topological polar surface area (TPSA) is 29.1 Å². The summed E-state index contributed by atoms with van der Waals surface area (Å²) in [7, 11) is 0. The summed E-state index contributed by atoms with van der Waals surface area (Å²) < 4.78 is 0. The molecule has 0 saturated carbocycles. The predicted octanol–water partition coefficient (Wildman–Crippen LogP) is 6.33. The Morgan fingerprint density at radius 2 is 1.03 bits per heavy atom. The molecule has 0 spiro atoms. The first-order valence-corrected chi connectivity index (χ1v) is 11.6. The first kappa shape index (κ1) is 18.5. The molecule has 144 valence electrons. The fourth-order valence-corrected chi connectivity index (χ4v) is 6.02. The van der Waals surface area contributed by atoms with E-state index in [2.05, 4.69) is 64.6 Å². The van der Waals surface area contributed by atoms with Gasteiger partial charge in [0.25, 0.3) is 0 Å².